The van der Waals surface area contributed by atoms with Gasteiger partial charge in [0.1, 0.15) is 12.4 Å². The van der Waals surface area contributed by atoms with Gasteiger partial charge in [-0.05, 0) is 5.56 Å². The Morgan fingerprint density at radius 1 is 1.10 bits per heavy atom. The largest absolute Gasteiger partial charge is 0.388 e. The first-order valence-corrected chi connectivity index (χ1v) is 6.33. The molecule has 5 heteroatoms. The average Bonchev–Trinajstić information content (AvgIpc) is 2.48. The van der Waals surface area contributed by atoms with Crippen LogP contribution in [0.5, 0.6) is 0 Å². The molecule has 4 nitrogen and oxygen atoms in total. The zero-order valence-electron chi connectivity index (χ0n) is 11.3. The molecular weight excluding hydrogens is 290 g/mol. The van der Waals surface area contributed by atoms with Crippen LogP contribution in [0.2, 0.25) is 0 Å². The van der Waals surface area contributed by atoms with Gasteiger partial charge in [0, 0.05) is 17.5 Å². The standard InChI is InChI=1S/C16H17NO3.ClH/c17-16(20,14-9-5-4-8-13(14)11-18)15(19)10-12-6-2-1-3-7-12;/h1-9,11,15,19-20H,10,17H2;1H/t15-,16-;/m1./s1. The van der Waals surface area contributed by atoms with Crippen LogP contribution < -0.4 is 5.73 Å². The zero-order chi connectivity index (χ0) is 14.6. The van der Waals surface area contributed by atoms with Crippen LogP contribution >= 0.6 is 12.4 Å². The molecule has 2 aromatic carbocycles. The van der Waals surface area contributed by atoms with E-state index in [0.717, 1.165) is 5.56 Å². The van der Waals surface area contributed by atoms with Gasteiger partial charge in [0.25, 0.3) is 0 Å². The fraction of sp³-hybridized carbons (Fsp3) is 0.188. The molecule has 2 atom stereocenters. The third-order valence-electron chi connectivity index (χ3n) is 3.30. The van der Waals surface area contributed by atoms with Crippen LogP contribution in [0.4, 0.5) is 0 Å². The Bertz CT molecular complexity index is 587. The van der Waals surface area contributed by atoms with E-state index >= 15 is 0 Å². The van der Waals surface area contributed by atoms with Crippen LogP contribution in [0, 0.1) is 0 Å². The first kappa shape index (κ1) is 17.3. The molecule has 0 fully saturated rings. The lowest BCUT2D eigenvalue weighted by molar-refractivity contribution is -0.0759. The predicted octanol–water partition coefficient (Wildman–Crippen LogP) is 1.63. The fourth-order valence-electron chi connectivity index (χ4n) is 2.14. The average molecular weight is 308 g/mol. The number of aldehydes is 1. The molecule has 0 heterocycles. The van der Waals surface area contributed by atoms with Gasteiger partial charge in [-0.2, -0.15) is 0 Å². The van der Waals surface area contributed by atoms with E-state index in [9.17, 15) is 15.0 Å². The number of carbonyl (C=O) groups excluding carboxylic acids is 1. The summed E-state index contributed by atoms with van der Waals surface area (Å²) in [5, 5.41) is 20.6. The molecule has 0 aliphatic rings. The summed E-state index contributed by atoms with van der Waals surface area (Å²) in [6, 6.07) is 15.7. The van der Waals surface area contributed by atoms with Crippen LogP contribution in [0.3, 0.4) is 0 Å². The summed E-state index contributed by atoms with van der Waals surface area (Å²) in [7, 11) is 0. The van der Waals surface area contributed by atoms with Crippen molar-refractivity contribution in [1.82, 2.24) is 0 Å². The summed E-state index contributed by atoms with van der Waals surface area (Å²) in [6.45, 7) is 0. The van der Waals surface area contributed by atoms with Gasteiger partial charge in [0.05, 0.1) is 0 Å². The molecule has 4 N–H and O–H groups in total. The van der Waals surface area contributed by atoms with Gasteiger partial charge in [-0.15, -0.1) is 12.4 Å². The number of nitrogens with two attached hydrogens (primary N) is 1. The summed E-state index contributed by atoms with van der Waals surface area (Å²) in [4.78, 5) is 11.0. The molecular formula is C16H18ClNO3. The first-order valence-electron chi connectivity index (χ1n) is 6.33. The summed E-state index contributed by atoms with van der Waals surface area (Å²) >= 11 is 0. The molecule has 0 saturated heterocycles. The molecule has 2 rings (SSSR count). The minimum absolute atomic E-state index is 0. The van der Waals surface area contributed by atoms with Crippen molar-refractivity contribution in [3.63, 3.8) is 0 Å². The second kappa shape index (κ2) is 7.33. The molecule has 0 radical (unpaired) electrons. The minimum Gasteiger partial charge on any atom is -0.388 e. The molecule has 112 valence electrons. The lowest BCUT2D eigenvalue weighted by Crippen LogP contribution is -2.49. The van der Waals surface area contributed by atoms with Crippen molar-refractivity contribution in [2.24, 2.45) is 5.73 Å². The van der Waals surface area contributed by atoms with Gasteiger partial charge < -0.3 is 10.2 Å². The molecule has 0 aliphatic heterocycles. The molecule has 0 unspecified atom stereocenters. The maximum atomic E-state index is 11.0. The number of aliphatic hydroxyl groups excluding tert-OH is 1. The molecule has 0 saturated carbocycles. The second-order valence-corrected chi connectivity index (χ2v) is 4.74. The highest BCUT2D eigenvalue weighted by Crippen LogP contribution is 2.24. The van der Waals surface area contributed by atoms with Crippen molar-refractivity contribution in [2.45, 2.75) is 18.2 Å². The van der Waals surface area contributed by atoms with E-state index in [1.807, 2.05) is 30.3 Å². The molecule has 0 amide bonds. The number of aliphatic hydroxyl groups is 2. The Morgan fingerprint density at radius 3 is 2.29 bits per heavy atom. The van der Waals surface area contributed by atoms with E-state index in [2.05, 4.69) is 0 Å². The van der Waals surface area contributed by atoms with E-state index < -0.39 is 11.8 Å². The lowest BCUT2D eigenvalue weighted by Gasteiger charge is -2.30. The maximum Gasteiger partial charge on any atom is 0.166 e. The highest BCUT2D eigenvalue weighted by atomic mass is 35.5. The van der Waals surface area contributed by atoms with Crippen LogP contribution in [0.25, 0.3) is 0 Å². The summed E-state index contributed by atoms with van der Waals surface area (Å²) in [5.74, 6) is 0. The van der Waals surface area contributed by atoms with Crippen LogP contribution in [-0.4, -0.2) is 22.6 Å². The maximum absolute atomic E-state index is 11.0. The number of hydrogen-bond donors (Lipinski definition) is 3. The number of carbonyl (C=O) groups is 1. The smallest absolute Gasteiger partial charge is 0.166 e. The summed E-state index contributed by atoms with van der Waals surface area (Å²) < 4.78 is 0. The molecule has 21 heavy (non-hydrogen) atoms. The Morgan fingerprint density at radius 2 is 1.67 bits per heavy atom. The highest BCUT2D eigenvalue weighted by molar-refractivity contribution is 5.85. The highest BCUT2D eigenvalue weighted by Gasteiger charge is 2.34. The summed E-state index contributed by atoms with van der Waals surface area (Å²) in [5.41, 5.74) is 5.22. The molecule has 2 aromatic rings. The summed E-state index contributed by atoms with van der Waals surface area (Å²) in [6.07, 6.45) is -0.408. The molecule has 0 aliphatic carbocycles. The van der Waals surface area contributed by atoms with Gasteiger partial charge in [-0.1, -0.05) is 54.6 Å². The number of halogens is 1. The zero-order valence-corrected chi connectivity index (χ0v) is 12.2. The number of rotatable bonds is 5. The normalized spacial score (nSPS) is 14.6. The Labute approximate surface area is 129 Å². The van der Waals surface area contributed by atoms with Crippen molar-refractivity contribution in [3.8, 4) is 0 Å². The third kappa shape index (κ3) is 3.89. The van der Waals surface area contributed by atoms with Crippen molar-refractivity contribution in [3.05, 3.63) is 71.3 Å². The van der Waals surface area contributed by atoms with Gasteiger partial charge >= 0.3 is 0 Å². The van der Waals surface area contributed by atoms with Gasteiger partial charge in [0.2, 0.25) is 0 Å². The van der Waals surface area contributed by atoms with Crippen LogP contribution in [0.1, 0.15) is 21.5 Å². The van der Waals surface area contributed by atoms with E-state index in [-0.39, 0.29) is 30.0 Å². The van der Waals surface area contributed by atoms with Gasteiger partial charge in [0.15, 0.2) is 5.72 Å². The van der Waals surface area contributed by atoms with Crippen molar-refractivity contribution in [2.75, 3.05) is 0 Å². The first-order chi connectivity index (χ1) is 9.55. The number of benzene rings is 2. The van der Waals surface area contributed by atoms with Crippen molar-refractivity contribution < 1.29 is 15.0 Å². The van der Waals surface area contributed by atoms with E-state index in [0.29, 0.717) is 6.29 Å². The van der Waals surface area contributed by atoms with Gasteiger partial charge in [-0.25, -0.2) is 0 Å². The monoisotopic (exact) mass is 307 g/mol. The third-order valence-corrected chi connectivity index (χ3v) is 3.30. The van der Waals surface area contributed by atoms with E-state index in [1.54, 1.807) is 18.2 Å². The molecule has 0 aromatic heterocycles. The van der Waals surface area contributed by atoms with E-state index in [4.69, 9.17) is 5.73 Å². The molecule has 0 spiro atoms. The Balaban J connectivity index is 0.00000220. The van der Waals surface area contributed by atoms with Crippen molar-refractivity contribution in [1.29, 1.82) is 0 Å². The van der Waals surface area contributed by atoms with Crippen LogP contribution in [0.15, 0.2) is 54.6 Å². The minimum atomic E-state index is -1.98. The predicted molar refractivity (Wildman–Crippen MR) is 83.3 cm³/mol. The molecule has 0 bridgehead atoms. The van der Waals surface area contributed by atoms with E-state index in [1.165, 1.54) is 6.07 Å². The topological polar surface area (TPSA) is 83.5 Å². The fourth-order valence-corrected chi connectivity index (χ4v) is 2.14. The van der Waals surface area contributed by atoms with Crippen LogP contribution in [-0.2, 0) is 12.1 Å². The Hall–Kier alpha value is -1.72. The quantitative estimate of drug-likeness (QED) is 0.579. The lowest BCUT2D eigenvalue weighted by atomic mass is 9.90. The Kier molecular flexibility index (Phi) is 6.05. The SMILES string of the molecule is Cl.N[C@@](O)(c1ccccc1C=O)[C@H](O)Cc1ccccc1. The van der Waals surface area contributed by atoms with Gasteiger partial charge in [-0.3, -0.25) is 10.5 Å². The number of hydrogen-bond acceptors (Lipinski definition) is 4. The second-order valence-electron chi connectivity index (χ2n) is 4.74. The van der Waals surface area contributed by atoms with Crippen molar-refractivity contribution >= 4 is 18.7 Å².